The monoisotopic (exact) mass is 281 g/mol. The van der Waals surface area contributed by atoms with Crippen molar-refractivity contribution in [1.29, 1.82) is 0 Å². The van der Waals surface area contributed by atoms with Crippen molar-refractivity contribution >= 4 is 5.91 Å². The molecule has 21 heavy (non-hydrogen) atoms. The maximum Gasteiger partial charge on any atom is 0.230 e. The summed E-state index contributed by atoms with van der Waals surface area (Å²) in [7, 11) is 0. The van der Waals surface area contributed by atoms with E-state index in [-0.39, 0.29) is 5.91 Å². The average Bonchev–Trinajstić information content (AvgIpc) is 2.45. The minimum Gasteiger partial charge on any atom is -0.351 e. The highest BCUT2D eigenvalue weighted by Gasteiger charge is 2.29. The molecule has 2 aromatic rings. The van der Waals surface area contributed by atoms with E-state index < -0.39 is 5.41 Å². The number of hydrogen-bond acceptors (Lipinski definition) is 1. The maximum atomic E-state index is 12.5. The van der Waals surface area contributed by atoms with Crippen molar-refractivity contribution in [2.24, 2.45) is 0 Å². The normalized spacial score (nSPS) is 11.2. The fraction of sp³-hybridized carbons (Fsp3) is 0.316. The van der Waals surface area contributed by atoms with E-state index in [4.69, 9.17) is 0 Å². The molecule has 0 aliphatic rings. The third-order valence-electron chi connectivity index (χ3n) is 3.88. The topological polar surface area (TPSA) is 29.1 Å². The Labute approximate surface area is 127 Å². The Morgan fingerprint density at radius 1 is 1.00 bits per heavy atom. The minimum atomic E-state index is -0.530. The zero-order valence-corrected chi connectivity index (χ0v) is 13.2. The number of carbonyl (C=O) groups is 1. The molecular formula is C19H23NO. The molecule has 2 aromatic carbocycles. The Morgan fingerprint density at radius 2 is 1.67 bits per heavy atom. The van der Waals surface area contributed by atoms with Crippen molar-refractivity contribution in [3.05, 3.63) is 70.8 Å². The van der Waals surface area contributed by atoms with Crippen LogP contribution in [-0.2, 0) is 16.8 Å². The number of carbonyl (C=O) groups excluding carboxylic acids is 1. The van der Waals surface area contributed by atoms with Crippen LogP contribution in [0, 0.1) is 13.8 Å². The summed E-state index contributed by atoms with van der Waals surface area (Å²) in [5.74, 6) is 0.0489. The molecule has 0 spiro atoms. The van der Waals surface area contributed by atoms with Gasteiger partial charge in [0.2, 0.25) is 5.91 Å². The molecule has 0 aromatic heterocycles. The Morgan fingerprint density at radius 3 is 2.29 bits per heavy atom. The lowest BCUT2D eigenvalue weighted by molar-refractivity contribution is -0.125. The summed E-state index contributed by atoms with van der Waals surface area (Å²) >= 11 is 0. The molecule has 0 atom stereocenters. The lowest BCUT2D eigenvalue weighted by Crippen LogP contribution is -2.39. The predicted molar refractivity (Wildman–Crippen MR) is 87.2 cm³/mol. The molecule has 0 radical (unpaired) electrons. The highest BCUT2D eigenvalue weighted by atomic mass is 16.2. The summed E-state index contributed by atoms with van der Waals surface area (Å²) in [4.78, 5) is 12.5. The molecule has 2 rings (SSSR count). The molecule has 0 bridgehead atoms. The Hall–Kier alpha value is -2.09. The maximum absolute atomic E-state index is 12.5. The van der Waals surface area contributed by atoms with Gasteiger partial charge >= 0.3 is 0 Å². The van der Waals surface area contributed by atoms with Crippen molar-refractivity contribution in [2.75, 3.05) is 0 Å². The van der Waals surface area contributed by atoms with Crippen LogP contribution in [0.1, 0.15) is 36.1 Å². The molecule has 0 aliphatic carbocycles. The van der Waals surface area contributed by atoms with Crippen molar-refractivity contribution in [1.82, 2.24) is 5.32 Å². The number of benzene rings is 2. The van der Waals surface area contributed by atoms with Gasteiger partial charge in [-0.3, -0.25) is 4.79 Å². The molecule has 1 N–H and O–H groups in total. The Bertz CT molecular complexity index is 626. The van der Waals surface area contributed by atoms with Gasteiger partial charge in [0, 0.05) is 6.54 Å². The second-order valence-electron chi connectivity index (χ2n) is 6.16. The van der Waals surface area contributed by atoms with Crippen molar-refractivity contribution < 1.29 is 4.79 Å². The fourth-order valence-corrected chi connectivity index (χ4v) is 2.33. The largest absolute Gasteiger partial charge is 0.351 e. The van der Waals surface area contributed by atoms with Crippen LogP contribution in [0.4, 0.5) is 0 Å². The first-order valence-corrected chi connectivity index (χ1v) is 7.30. The van der Waals surface area contributed by atoms with Gasteiger partial charge in [-0.2, -0.15) is 0 Å². The van der Waals surface area contributed by atoms with Gasteiger partial charge in [-0.1, -0.05) is 59.7 Å². The van der Waals surface area contributed by atoms with Gasteiger partial charge in [0.25, 0.3) is 0 Å². The van der Waals surface area contributed by atoms with Gasteiger partial charge in [-0.05, 0) is 38.8 Å². The fourth-order valence-electron chi connectivity index (χ4n) is 2.33. The van der Waals surface area contributed by atoms with Crippen LogP contribution in [0.5, 0.6) is 0 Å². The number of hydrogen-bond donors (Lipinski definition) is 1. The molecule has 2 heteroatoms. The van der Waals surface area contributed by atoms with E-state index >= 15 is 0 Å². The number of rotatable bonds is 4. The van der Waals surface area contributed by atoms with Gasteiger partial charge in [0.15, 0.2) is 0 Å². The summed E-state index contributed by atoms with van der Waals surface area (Å²) in [6.07, 6.45) is 0. The van der Waals surface area contributed by atoms with E-state index in [1.165, 1.54) is 11.1 Å². The number of amides is 1. The summed E-state index contributed by atoms with van der Waals surface area (Å²) in [5, 5.41) is 3.04. The lowest BCUT2D eigenvalue weighted by Gasteiger charge is -2.24. The lowest BCUT2D eigenvalue weighted by atomic mass is 9.83. The molecule has 2 nitrogen and oxygen atoms in total. The highest BCUT2D eigenvalue weighted by Crippen LogP contribution is 2.23. The predicted octanol–water partition coefficient (Wildman–Crippen LogP) is 3.90. The summed E-state index contributed by atoms with van der Waals surface area (Å²) in [6, 6.07) is 16.4. The van der Waals surface area contributed by atoms with Crippen molar-refractivity contribution in [3.8, 4) is 0 Å². The van der Waals surface area contributed by atoms with Crippen molar-refractivity contribution in [2.45, 2.75) is 39.7 Å². The van der Waals surface area contributed by atoms with Crippen LogP contribution in [0.3, 0.4) is 0 Å². The zero-order valence-electron chi connectivity index (χ0n) is 13.2. The van der Waals surface area contributed by atoms with E-state index in [2.05, 4.69) is 31.3 Å². The third-order valence-corrected chi connectivity index (χ3v) is 3.88. The molecule has 0 aliphatic heterocycles. The van der Waals surface area contributed by atoms with E-state index in [0.29, 0.717) is 6.54 Å². The number of nitrogens with one attached hydrogen (secondary N) is 1. The second kappa shape index (κ2) is 6.13. The third kappa shape index (κ3) is 3.72. The molecule has 0 saturated heterocycles. The molecule has 110 valence electrons. The van der Waals surface area contributed by atoms with Gasteiger partial charge in [-0.25, -0.2) is 0 Å². The first kappa shape index (κ1) is 15.3. The van der Waals surface area contributed by atoms with Gasteiger partial charge in [-0.15, -0.1) is 0 Å². The molecular weight excluding hydrogens is 258 g/mol. The average molecular weight is 281 g/mol. The molecule has 0 heterocycles. The molecule has 0 unspecified atom stereocenters. The smallest absolute Gasteiger partial charge is 0.230 e. The first-order chi connectivity index (χ1) is 9.89. The minimum absolute atomic E-state index is 0.0489. The quantitative estimate of drug-likeness (QED) is 0.905. The van der Waals surface area contributed by atoms with E-state index in [9.17, 15) is 4.79 Å². The molecule has 0 fully saturated rings. The summed E-state index contributed by atoms with van der Waals surface area (Å²) in [6.45, 7) is 8.60. The number of aryl methyl sites for hydroxylation is 2. The van der Waals surface area contributed by atoms with E-state index in [1.54, 1.807) is 0 Å². The second-order valence-corrected chi connectivity index (χ2v) is 6.16. The van der Waals surface area contributed by atoms with Gasteiger partial charge in [0.1, 0.15) is 0 Å². The first-order valence-electron chi connectivity index (χ1n) is 7.30. The van der Waals surface area contributed by atoms with Crippen LogP contribution in [0.15, 0.2) is 48.5 Å². The van der Waals surface area contributed by atoms with Crippen LogP contribution in [0.2, 0.25) is 0 Å². The van der Waals surface area contributed by atoms with E-state index in [1.807, 2.05) is 50.2 Å². The van der Waals surface area contributed by atoms with Crippen LogP contribution < -0.4 is 5.32 Å². The summed E-state index contributed by atoms with van der Waals surface area (Å²) in [5.41, 5.74) is 4.05. The standard InChI is InChI=1S/C19H23NO/c1-14-8-10-17(11-9-14)19(3,4)18(21)20-13-16-7-5-6-15(2)12-16/h5-12H,13H2,1-4H3,(H,20,21). The molecule has 0 saturated carbocycles. The zero-order chi connectivity index (χ0) is 15.5. The van der Waals surface area contributed by atoms with Crippen LogP contribution in [0.25, 0.3) is 0 Å². The highest BCUT2D eigenvalue weighted by molar-refractivity contribution is 5.87. The Kier molecular flexibility index (Phi) is 4.46. The van der Waals surface area contributed by atoms with Crippen LogP contribution in [-0.4, -0.2) is 5.91 Å². The van der Waals surface area contributed by atoms with E-state index in [0.717, 1.165) is 11.1 Å². The molecule has 1 amide bonds. The van der Waals surface area contributed by atoms with Crippen LogP contribution >= 0.6 is 0 Å². The van der Waals surface area contributed by atoms with Gasteiger partial charge in [0.05, 0.1) is 5.41 Å². The SMILES string of the molecule is Cc1ccc(C(C)(C)C(=O)NCc2cccc(C)c2)cc1. The van der Waals surface area contributed by atoms with Gasteiger partial charge < -0.3 is 5.32 Å². The Balaban J connectivity index is 2.06. The van der Waals surface area contributed by atoms with Crippen molar-refractivity contribution in [3.63, 3.8) is 0 Å². The summed E-state index contributed by atoms with van der Waals surface area (Å²) < 4.78 is 0.